The first-order valence-corrected chi connectivity index (χ1v) is 8.20. The predicted molar refractivity (Wildman–Crippen MR) is 90.3 cm³/mol. The molecule has 0 bridgehead atoms. The molecule has 140 valence electrons. The van der Waals surface area contributed by atoms with E-state index in [0.717, 1.165) is 11.3 Å². The molecular weight excluding hydrogens is 328 g/mol. The lowest BCUT2D eigenvalue weighted by Crippen LogP contribution is -2.40. The lowest BCUT2D eigenvalue weighted by atomic mass is 10.1. The van der Waals surface area contributed by atoms with Gasteiger partial charge in [0.05, 0.1) is 19.8 Å². The third-order valence-electron chi connectivity index (χ3n) is 3.51. The Morgan fingerprint density at radius 1 is 1.32 bits per heavy atom. The summed E-state index contributed by atoms with van der Waals surface area (Å²) in [6.07, 6.45) is 0.251. The van der Waals surface area contributed by atoms with Gasteiger partial charge in [0.15, 0.2) is 5.82 Å². The van der Waals surface area contributed by atoms with Gasteiger partial charge in [-0.3, -0.25) is 9.89 Å². The van der Waals surface area contributed by atoms with Crippen LogP contribution in [0.25, 0.3) is 0 Å². The van der Waals surface area contributed by atoms with Crippen molar-refractivity contribution < 1.29 is 23.8 Å². The zero-order valence-electron chi connectivity index (χ0n) is 15.2. The van der Waals surface area contributed by atoms with Crippen LogP contribution in [0.15, 0.2) is 0 Å². The van der Waals surface area contributed by atoms with E-state index in [1.807, 2.05) is 20.8 Å². The topological polar surface area (TPSA) is 106 Å². The first-order valence-electron chi connectivity index (χ1n) is 8.20. The van der Waals surface area contributed by atoms with Crippen LogP contribution in [0.1, 0.15) is 32.0 Å². The summed E-state index contributed by atoms with van der Waals surface area (Å²) in [7, 11) is 1.57. The van der Waals surface area contributed by atoms with Crippen molar-refractivity contribution in [1.29, 1.82) is 0 Å². The zero-order chi connectivity index (χ0) is 18.4. The lowest BCUT2D eigenvalue weighted by molar-refractivity contribution is -0.121. The summed E-state index contributed by atoms with van der Waals surface area (Å²) in [6.45, 7) is 7.04. The van der Waals surface area contributed by atoms with Gasteiger partial charge in [0.2, 0.25) is 0 Å². The number of nitrogens with zero attached hydrogens (tertiary/aromatic N) is 2. The number of carbonyl (C=O) groups excluding carboxylic acids is 2. The summed E-state index contributed by atoms with van der Waals surface area (Å²) in [4.78, 5) is 25.8. The van der Waals surface area contributed by atoms with Crippen molar-refractivity contribution in [3.63, 3.8) is 0 Å². The maximum atomic E-state index is 12.2. The second-order valence-corrected chi connectivity index (χ2v) is 6.77. The minimum Gasteiger partial charge on any atom is -0.444 e. The smallest absolute Gasteiger partial charge is 0.410 e. The van der Waals surface area contributed by atoms with Gasteiger partial charge in [0.1, 0.15) is 12.2 Å². The maximum absolute atomic E-state index is 12.2. The number of hydrogen-bond donors (Lipinski definition) is 2. The number of ether oxygens (including phenoxy) is 3. The molecule has 1 aromatic rings. The molecule has 0 aromatic carbocycles. The molecule has 0 atom stereocenters. The van der Waals surface area contributed by atoms with Crippen LogP contribution in [-0.4, -0.2) is 66.2 Å². The molecule has 1 aliphatic heterocycles. The molecule has 2 rings (SSSR count). The summed E-state index contributed by atoms with van der Waals surface area (Å²) in [5.41, 5.74) is 1.16. The highest BCUT2D eigenvalue weighted by Gasteiger charge is 2.29. The van der Waals surface area contributed by atoms with E-state index in [1.54, 1.807) is 12.0 Å². The summed E-state index contributed by atoms with van der Waals surface area (Å²) in [6, 6.07) is 0. The van der Waals surface area contributed by atoms with Crippen LogP contribution in [0.2, 0.25) is 0 Å². The van der Waals surface area contributed by atoms with Crippen molar-refractivity contribution in [3.05, 3.63) is 11.3 Å². The van der Waals surface area contributed by atoms with E-state index in [4.69, 9.17) is 14.2 Å². The minimum atomic E-state index is -0.551. The van der Waals surface area contributed by atoms with E-state index in [2.05, 4.69) is 15.5 Å². The number of rotatable bonds is 6. The Hall–Kier alpha value is -2.13. The molecule has 0 unspecified atom stereocenters. The van der Waals surface area contributed by atoms with Gasteiger partial charge in [-0.1, -0.05) is 0 Å². The van der Waals surface area contributed by atoms with E-state index in [-0.39, 0.29) is 18.6 Å². The number of anilines is 1. The van der Waals surface area contributed by atoms with E-state index in [9.17, 15) is 9.59 Å². The molecule has 25 heavy (non-hydrogen) atoms. The SMILES string of the molecule is COCCOCC(=O)Nc1n[nH]c2c1CN(C(=O)OC(C)(C)C)CC2. The van der Waals surface area contributed by atoms with Crippen molar-refractivity contribution >= 4 is 17.8 Å². The number of H-pyrrole nitrogens is 1. The number of aromatic amines is 1. The van der Waals surface area contributed by atoms with Gasteiger partial charge >= 0.3 is 6.09 Å². The zero-order valence-corrected chi connectivity index (χ0v) is 15.2. The van der Waals surface area contributed by atoms with E-state index in [1.165, 1.54) is 0 Å². The molecule has 0 saturated heterocycles. The van der Waals surface area contributed by atoms with Crippen LogP contribution in [0.3, 0.4) is 0 Å². The number of amides is 2. The predicted octanol–water partition coefficient (Wildman–Crippen LogP) is 1.30. The Labute approximate surface area is 147 Å². The third kappa shape index (κ3) is 5.71. The Bertz CT molecular complexity index is 608. The Morgan fingerprint density at radius 3 is 2.76 bits per heavy atom. The fraction of sp³-hybridized carbons (Fsp3) is 0.688. The highest BCUT2D eigenvalue weighted by atomic mass is 16.6. The van der Waals surface area contributed by atoms with Crippen LogP contribution in [0.4, 0.5) is 10.6 Å². The maximum Gasteiger partial charge on any atom is 0.410 e. The van der Waals surface area contributed by atoms with Gasteiger partial charge in [0.25, 0.3) is 5.91 Å². The van der Waals surface area contributed by atoms with Crippen LogP contribution in [0, 0.1) is 0 Å². The summed E-state index contributed by atoms with van der Waals surface area (Å²) in [5, 5.41) is 9.75. The average molecular weight is 354 g/mol. The highest BCUT2D eigenvalue weighted by molar-refractivity contribution is 5.91. The Kier molecular flexibility index (Phi) is 6.38. The third-order valence-corrected chi connectivity index (χ3v) is 3.51. The second kappa shape index (κ2) is 8.30. The van der Waals surface area contributed by atoms with Crippen molar-refractivity contribution in [2.75, 3.05) is 38.8 Å². The number of nitrogens with one attached hydrogen (secondary N) is 2. The monoisotopic (exact) mass is 354 g/mol. The van der Waals surface area contributed by atoms with Crippen LogP contribution in [-0.2, 0) is 32.0 Å². The van der Waals surface area contributed by atoms with Gasteiger partial charge in [-0.05, 0) is 20.8 Å². The summed E-state index contributed by atoms with van der Waals surface area (Å²) in [5.74, 6) is 0.114. The first kappa shape index (κ1) is 19.2. The molecule has 9 heteroatoms. The molecule has 2 heterocycles. The average Bonchev–Trinajstić information content (AvgIpc) is 2.92. The normalized spacial score (nSPS) is 14.2. The lowest BCUT2D eigenvalue weighted by Gasteiger charge is -2.30. The fourth-order valence-electron chi connectivity index (χ4n) is 2.36. The summed E-state index contributed by atoms with van der Waals surface area (Å²) < 4.78 is 15.4. The van der Waals surface area contributed by atoms with Gasteiger partial charge < -0.3 is 24.4 Å². The van der Waals surface area contributed by atoms with Gasteiger partial charge in [0, 0.05) is 31.3 Å². The van der Waals surface area contributed by atoms with Crippen molar-refractivity contribution in [2.45, 2.75) is 39.3 Å². The van der Waals surface area contributed by atoms with Gasteiger partial charge in [-0.15, -0.1) is 0 Å². The molecule has 0 radical (unpaired) electrons. The van der Waals surface area contributed by atoms with E-state index in [0.29, 0.717) is 38.5 Å². The van der Waals surface area contributed by atoms with Crippen molar-refractivity contribution in [2.24, 2.45) is 0 Å². The molecule has 0 aliphatic carbocycles. The highest BCUT2D eigenvalue weighted by Crippen LogP contribution is 2.25. The Balaban J connectivity index is 1.94. The molecule has 1 aromatic heterocycles. The molecule has 0 saturated carbocycles. The number of aromatic nitrogens is 2. The standard InChI is InChI=1S/C16H26N4O5/c1-16(2,3)25-15(22)20-6-5-12-11(9-20)14(19-18-12)17-13(21)10-24-8-7-23-4/h5-10H2,1-4H3,(H2,17,18,19,21). The quantitative estimate of drug-likeness (QED) is 0.746. The number of fused-ring (bicyclic) bond motifs is 1. The molecular formula is C16H26N4O5. The molecule has 0 fully saturated rings. The first-order chi connectivity index (χ1) is 11.8. The molecule has 9 nitrogen and oxygen atoms in total. The van der Waals surface area contributed by atoms with Crippen molar-refractivity contribution in [3.8, 4) is 0 Å². The van der Waals surface area contributed by atoms with Crippen LogP contribution < -0.4 is 5.32 Å². The molecule has 2 N–H and O–H groups in total. The van der Waals surface area contributed by atoms with Crippen molar-refractivity contribution in [1.82, 2.24) is 15.1 Å². The van der Waals surface area contributed by atoms with E-state index < -0.39 is 5.60 Å². The van der Waals surface area contributed by atoms with Crippen LogP contribution >= 0.6 is 0 Å². The largest absolute Gasteiger partial charge is 0.444 e. The van der Waals surface area contributed by atoms with E-state index >= 15 is 0 Å². The fourth-order valence-corrected chi connectivity index (χ4v) is 2.36. The minimum absolute atomic E-state index is 0.0826. The molecule has 0 spiro atoms. The number of methoxy groups -OCH3 is 1. The Morgan fingerprint density at radius 2 is 2.08 bits per heavy atom. The van der Waals surface area contributed by atoms with Gasteiger partial charge in [-0.25, -0.2) is 4.79 Å². The molecule has 2 amide bonds. The number of carbonyl (C=O) groups is 2. The van der Waals surface area contributed by atoms with Gasteiger partial charge in [-0.2, -0.15) is 5.10 Å². The summed E-state index contributed by atoms with van der Waals surface area (Å²) >= 11 is 0. The second-order valence-electron chi connectivity index (χ2n) is 6.77. The molecule has 1 aliphatic rings. The number of hydrogen-bond acceptors (Lipinski definition) is 6. The van der Waals surface area contributed by atoms with Crippen LogP contribution in [0.5, 0.6) is 0 Å².